The lowest BCUT2D eigenvalue weighted by atomic mass is 10.1. The molecule has 27 heavy (non-hydrogen) atoms. The van der Waals surface area contributed by atoms with Crippen molar-refractivity contribution in [1.29, 1.82) is 0 Å². The van der Waals surface area contributed by atoms with Crippen LogP contribution in [0.1, 0.15) is 26.7 Å². The number of aromatic nitrogens is 3. The first-order valence-electron chi connectivity index (χ1n) is 9.14. The molecule has 0 amide bonds. The van der Waals surface area contributed by atoms with Gasteiger partial charge in [0.25, 0.3) is 0 Å². The molecule has 0 atom stereocenters. The summed E-state index contributed by atoms with van der Waals surface area (Å²) in [6.07, 6.45) is 8.03. The molecule has 2 heterocycles. The molecule has 144 valence electrons. The Balaban J connectivity index is 2.20. The number of rotatable bonds is 8. The fourth-order valence-corrected chi connectivity index (χ4v) is 4.08. The highest BCUT2D eigenvalue weighted by Crippen LogP contribution is 2.36. The van der Waals surface area contributed by atoms with Gasteiger partial charge in [0.2, 0.25) is 0 Å². The largest absolute Gasteiger partial charge is 0.497 e. The Hall–Kier alpha value is -1.92. The van der Waals surface area contributed by atoms with E-state index in [0.717, 1.165) is 59.4 Å². The average molecular weight is 405 g/mol. The van der Waals surface area contributed by atoms with Crippen LogP contribution < -0.4 is 9.64 Å². The lowest BCUT2D eigenvalue weighted by Crippen LogP contribution is -2.26. The van der Waals surface area contributed by atoms with Crippen LogP contribution in [0.4, 0.5) is 5.82 Å². The van der Waals surface area contributed by atoms with Crippen molar-refractivity contribution >= 4 is 34.8 Å². The topological polar surface area (TPSA) is 42.7 Å². The lowest BCUT2D eigenvalue weighted by Gasteiger charge is -2.24. The smallest absolute Gasteiger partial charge is 0.166 e. The first kappa shape index (κ1) is 19.8. The van der Waals surface area contributed by atoms with Crippen molar-refractivity contribution < 1.29 is 4.74 Å². The molecule has 0 fully saturated rings. The van der Waals surface area contributed by atoms with Crippen LogP contribution in [0.2, 0.25) is 5.02 Å². The zero-order valence-corrected chi connectivity index (χ0v) is 17.8. The molecule has 3 rings (SSSR count). The summed E-state index contributed by atoms with van der Waals surface area (Å²) >= 11 is 8.17. The summed E-state index contributed by atoms with van der Waals surface area (Å²) in [6, 6.07) is 5.64. The number of ether oxygens (including phenoxy) is 1. The van der Waals surface area contributed by atoms with Gasteiger partial charge in [-0.05, 0) is 37.3 Å². The number of hydrogen-bond donors (Lipinski definition) is 0. The molecule has 0 N–H and O–H groups in total. The Morgan fingerprint density at radius 3 is 2.56 bits per heavy atom. The minimum atomic E-state index is 0.601. The van der Waals surface area contributed by atoms with Crippen molar-refractivity contribution in [3.8, 4) is 17.0 Å². The molecule has 0 spiro atoms. The standard InChI is InChI=1S/C20H25ClN4OS/c1-5-10-24(11-6-2)20-19(27-4)23-18-17(22-9-12-25(18)20)15-8-7-14(26-3)13-16(15)21/h7-9,12-13H,5-6,10-11H2,1-4H3. The molecule has 0 bridgehead atoms. The molecule has 3 aromatic rings. The van der Waals surface area contributed by atoms with Crippen molar-refractivity contribution in [3.63, 3.8) is 0 Å². The van der Waals surface area contributed by atoms with E-state index in [4.69, 9.17) is 21.3 Å². The van der Waals surface area contributed by atoms with E-state index in [-0.39, 0.29) is 0 Å². The second-order valence-corrected chi connectivity index (χ2v) is 7.45. The van der Waals surface area contributed by atoms with Gasteiger partial charge in [-0.3, -0.25) is 9.38 Å². The maximum Gasteiger partial charge on any atom is 0.166 e. The summed E-state index contributed by atoms with van der Waals surface area (Å²) in [7, 11) is 1.63. The van der Waals surface area contributed by atoms with Crippen LogP contribution in [0.5, 0.6) is 5.75 Å². The van der Waals surface area contributed by atoms with Gasteiger partial charge in [0.05, 0.1) is 12.1 Å². The van der Waals surface area contributed by atoms with Crippen molar-refractivity contribution in [2.75, 3.05) is 31.4 Å². The maximum atomic E-state index is 6.51. The minimum Gasteiger partial charge on any atom is -0.497 e. The summed E-state index contributed by atoms with van der Waals surface area (Å²) in [5, 5.41) is 1.61. The van der Waals surface area contributed by atoms with E-state index in [9.17, 15) is 0 Å². The zero-order valence-electron chi connectivity index (χ0n) is 16.2. The van der Waals surface area contributed by atoms with Gasteiger partial charge >= 0.3 is 0 Å². The van der Waals surface area contributed by atoms with E-state index in [2.05, 4.69) is 34.4 Å². The zero-order chi connectivity index (χ0) is 19.4. The number of nitrogens with zero attached hydrogens (tertiary/aromatic N) is 4. The van der Waals surface area contributed by atoms with Gasteiger partial charge in [0.15, 0.2) is 5.65 Å². The van der Waals surface area contributed by atoms with Crippen LogP contribution in [-0.4, -0.2) is 40.8 Å². The van der Waals surface area contributed by atoms with E-state index in [1.54, 1.807) is 18.9 Å². The molecule has 0 aliphatic rings. The number of halogens is 1. The van der Waals surface area contributed by atoms with E-state index in [0.29, 0.717) is 5.02 Å². The highest BCUT2D eigenvalue weighted by Gasteiger charge is 2.21. The molecule has 1 aromatic carbocycles. The number of anilines is 1. The Bertz CT molecular complexity index is 922. The molecule has 2 aromatic heterocycles. The molecule has 0 saturated carbocycles. The summed E-state index contributed by atoms with van der Waals surface area (Å²) in [5.74, 6) is 1.86. The Labute approximate surface area is 169 Å². The predicted octanol–water partition coefficient (Wildman–Crippen LogP) is 5.41. The van der Waals surface area contributed by atoms with Crippen LogP contribution in [0.3, 0.4) is 0 Å². The van der Waals surface area contributed by atoms with Gasteiger partial charge in [0.1, 0.15) is 22.3 Å². The Morgan fingerprint density at radius 2 is 1.96 bits per heavy atom. The van der Waals surface area contributed by atoms with Crippen molar-refractivity contribution in [2.24, 2.45) is 0 Å². The van der Waals surface area contributed by atoms with Gasteiger partial charge in [-0.25, -0.2) is 4.98 Å². The lowest BCUT2D eigenvalue weighted by molar-refractivity contribution is 0.415. The van der Waals surface area contributed by atoms with Crippen molar-refractivity contribution in [2.45, 2.75) is 31.7 Å². The minimum absolute atomic E-state index is 0.601. The average Bonchev–Trinajstić information content (AvgIpc) is 3.06. The molecule has 0 saturated heterocycles. The number of benzene rings is 1. The number of imidazole rings is 1. The summed E-state index contributed by atoms with van der Waals surface area (Å²) in [6.45, 7) is 6.40. The predicted molar refractivity (Wildman–Crippen MR) is 115 cm³/mol. The Kier molecular flexibility index (Phi) is 6.50. The molecule has 0 unspecified atom stereocenters. The fraction of sp³-hybridized carbons (Fsp3) is 0.400. The summed E-state index contributed by atoms with van der Waals surface area (Å²) in [4.78, 5) is 11.9. The maximum absolute atomic E-state index is 6.51. The van der Waals surface area contributed by atoms with Crippen molar-refractivity contribution in [3.05, 3.63) is 35.6 Å². The van der Waals surface area contributed by atoms with Crippen LogP contribution in [0.25, 0.3) is 16.9 Å². The molecular formula is C20H25ClN4OS. The number of fused-ring (bicyclic) bond motifs is 1. The molecule has 0 aliphatic carbocycles. The molecule has 5 nitrogen and oxygen atoms in total. The number of methoxy groups -OCH3 is 1. The van der Waals surface area contributed by atoms with Crippen LogP contribution >= 0.6 is 23.4 Å². The van der Waals surface area contributed by atoms with E-state index >= 15 is 0 Å². The van der Waals surface area contributed by atoms with E-state index in [1.165, 1.54) is 0 Å². The fourth-order valence-electron chi connectivity index (χ4n) is 3.24. The van der Waals surface area contributed by atoms with Gasteiger partial charge < -0.3 is 9.64 Å². The van der Waals surface area contributed by atoms with Crippen LogP contribution in [0.15, 0.2) is 35.6 Å². The highest BCUT2D eigenvalue weighted by atomic mass is 35.5. The third kappa shape index (κ3) is 3.87. The summed E-state index contributed by atoms with van der Waals surface area (Å²) in [5.41, 5.74) is 2.45. The first-order chi connectivity index (χ1) is 13.1. The number of hydrogen-bond acceptors (Lipinski definition) is 5. The van der Waals surface area contributed by atoms with E-state index in [1.807, 2.05) is 30.6 Å². The normalized spacial score (nSPS) is 11.1. The van der Waals surface area contributed by atoms with Crippen LogP contribution in [0, 0.1) is 0 Å². The summed E-state index contributed by atoms with van der Waals surface area (Å²) < 4.78 is 7.40. The van der Waals surface area contributed by atoms with Gasteiger partial charge in [-0.15, -0.1) is 11.8 Å². The first-order valence-corrected chi connectivity index (χ1v) is 10.7. The van der Waals surface area contributed by atoms with Crippen LogP contribution in [-0.2, 0) is 0 Å². The third-order valence-corrected chi connectivity index (χ3v) is 5.37. The Morgan fingerprint density at radius 1 is 1.22 bits per heavy atom. The van der Waals surface area contributed by atoms with Gasteiger partial charge in [0, 0.05) is 31.0 Å². The second-order valence-electron chi connectivity index (χ2n) is 6.25. The van der Waals surface area contributed by atoms with Gasteiger partial charge in [-0.2, -0.15) is 0 Å². The molecular weight excluding hydrogens is 380 g/mol. The number of thioether (sulfide) groups is 1. The quantitative estimate of drug-likeness (QED) is 0.470. The molecule has 0 aliphatic heterocycles. The third-order valence-electron chi connectivity index (χ3n) is 4.40. The van der Waals surface area contributed by atoms with Crippen molar-refractivity contribution in [1.82, 2.24) is 14.4 Å². The molecule has 0 radical (unpaired) electrons. The highest BCUT2D eigenvalue weighted by molar-refractivity contribution is 7.98. The SMILES string of the molecule is CCCN(CCC)c1c(SC)nc2c(-c3ccc(OC)cc3Cl)nccn12. The second kappa shape index (κ2) is 8.85. The monoisotopic (exact) mass is 404 g/mol. The van der Waals surface area contributed by atoms with E-state index < -0.39 is 0 Å². The molecule has 7 heteroatoms. The van der Waals surface area contributed by atoms with Gasteiger partial charge in [-0.1, -0.05) is 25.4 Å².